The van der Waals surface area contributed by atoms with Gasteiger partial charge in [0.25, 0.3) is 10.0 Å². The highest BCUT2D eigenvalue weighted by Crippen LogP contribution is 2.26. The third-order valence-corrected chi connectivity index (χ3v) is 7.55. The molecule has 0 aliphatic carbocycles. The van der Waals surface area contributed by atoms with Crippen molar-refractivity contribution in [1.29, 1.82) is 0 Å². The van der Waals surface area contributed by atoms with E-state index in [0.717, 1.165) is 22.3 Å². The summed E-state index contributed by atoms with van der Waals surface area (Å²) in [7, 11) is -3.96. The molecule has 0 heterocycles. The highest BCUT2D eigenvalue weighted by molar-refractivity contribution is 7.92. The quantitative estimate of drug-likeness (QED) is 0.364. The minimum Gasteiger partial charge on any atom is -0.344 e. The van der Waals surface area contributed by atoms with Crippen LogP contribution in [0.4, 0.5) is 5.69 Å². The number of anilines is 1. The van der Waals surface area contributed by atoms with E-state index in [1.807, 2.05) is 74.5 Å². The lowest BCUT2D eigenvalue weighted by molar-refractivity contribution is -0.120. The number of nitrogens with one attached hydrogen (secondary N) is 1. The molecule has 0 spiro atoms. The first-order chi connectivity index (χ1) is 16.8. The van der Waals surface area contributed by atoms with Gasteiger partial charge in [0.1, 0.15) is 6.54 Å². The second-order valence-electron chi connectivity index (χ2n) is 8.49. The zero-order valence-corrected chi connectivity index (χ0v) is 20.6. The van der Waals surface area contributed by atoms with E-state index in [4.69, 9.17) is 0 Å². The topological polar surface area (TPSA) is 66.5 Å². The molecule has 35 heavy (non-hydrogen) atoms. The van der Waals surface area contributed by atoms with Crippen LogP contribution in [0.25, 0.3) is 0 Å². The molecule has 1 N–H and O–H groups in total. The molecule has 0 bridgehead atoms. The summed E-state index contributed by atoms with van der Waals surface area (Å²) in [5.41, 5.74) is 4.29. The van der Waals surface area contributed by atoms with Crippen LogP contribution in [0, 0.1) is 13.8 Å². The average Bonchev–Trinajstić information content (AvgIpc) is 2.87. The van der Waals surface area contributed by atoms with Gasteiger partial charge in [0.05, 0.1) is 16.6 Å². The fourth-order valence-corrected chi connectivity index (χ4v) is 5.35. The lowest BCUT2D eigenvalue weighted by atomic mass is 9.98. The Morgan fingerprint density at radius 2 is 1.34 bits per heavy atom. The molecule has 1 amide bonds. The third-order valence-electron chi connectivity index (χ3n) is 5.76. The first kappa shape index (κ1) is 24.2. The van der Waals surface area contributed by atoms with Crippen molar-refractivity contribution in [2.24, 2.45) is 0 Å². The Balaban J connectivity index is 1.68. The Bertz CT molecular complexity index is 1390. The first-order valence-corrected chi connectivity index (χ1v) is 12.8. The van der Waals surface area contributed by atoms with Crippen molar-refractivity contribution in [3.63, 3.8) is 0 Å². The smallest absolute Gasteiger partial charge is 0.264 e. The highest BCUT2D eigenvalue weighted by atomic mass is 32.2. The van der Waals surface area contributed by atoms with E-state index in [9.17, 15) is 13.2 Å². The van der Waals surface area contributed by atoms with Crippen LogP contribution in [-0.2, 0) is 14.8 Å². The van der Waals surface area contributed by atoms with Crippen LogP contribution in [0.15, 0.2) is 114 Å². The number of nitrogens with zero attached hydrogens (tertiary/aromatic N) is 1. The van der Waals surface area contributed by atoms with Crippen molar-refractivity contribution in [2.75, 3.05) is 10.8 Å². The van der Waals surface area contributed by atoms with Gasteiger partial charge in [0, 0.05) is 0 Å². The number of sulfonamides is 1. The highest BCUT2D eigenvalue weighted by Gasteiger charge is 2.28. The van der Waals surface area contributed by atoms with Crippen LogP contribution in [0.3, 0.4) is 0 Å². The number of hydrogen-bond donors (Lipinski definition) is 1. The van der Waals surface area contributed by atoms with Crippen molar-refractivity contribution in [3.05, 3.63) is 131 Å². The van der Waals surface area contributed by atoms with Gasteiger partial charge in [-0.05, 0) is 54.8 Å². The fraction of sp³-hybridized carbons (Fsp3) is 0.138. The van der Waals surface area contributed by atoms with Crippen molar-refractivity contribution in [1.82, 2.24) is 5.32 Å². The number of aryl methyl sites for hydroxylation is 2. The summed E-state index contributed by atoms with van der Waals surface area (Å²) in [6.45, 7) is 3.55. The lowest BCUT2D eigenvalue weighted by Gasteiger charge is -2.26. The van der Waals surface area contributed by atoms with E-state index in [-0.39, 0.29) is 11.4 Å². The molecule has 0 saturated heterocycles. The summed E-state index contributed by atoms with van der Waals surface area (Å²) < 4.78 is 28.3. The van der Waals surface area contributed by atoms with E-state index in [1.54, 1.807) is 36.4 Å². The third kappa shape index (κ3) is 5.78. The summed E-state index contributed by atoms with van der Waals surface area (Å²) in [6, 6.07) is 32.5. The molecule has 178 valence electrons. The molecule has 5 nitrogen and oxygen atoms in total. The van der Waals surface area contributed by atoms with Crippen LogP contribution < -0.4 is 9.62 Å². The Labute approximate surface area is 207 Å². The van der Waals surface area contributed by atoms with Gasteiger partial charge in [0.15, 0.2) is 0 Å². The van der Waals surface area contributed by atoms with Crippen LogP contribution in [0.5, 0.6) is 0 Å². The molecule has 0 fully saturated rings. The minimum atomic E-state index is -3.96. The van der Waals surface area contributed by atoms with Gasteiger partial charge in [-0.3, -0.25) is 9.10 Å². The first-order valence-electron chi connectivity index (χ1n) is 11.4. The molecular weight excluding hydrogens is 456 g/mol. The minimum absolute atomic E-state index is 0.132. The van der Waals surface area contributed by atoms with Gasteiger partial charge in [-0.15, -0.1) is 0 Å². The van der Waals surface area contributed by atoms with E-state index in [1.165, 1.54) is 16.4 Å². The Morgan fingerprint density at radius 1 is 0.743 bits per heavy atom. The normalized spacial score (nSPS) is 12.1. The molecule has 4 aromatic carbocycles. The molecule has 0 saturated carbocycles. The summed E-state index contributed by atoms with van der Waals surface area (Å²) in [6.07, 6.45) is 0. The molecule has 4 rings (SSSR count). The van der Waals surface area contributed by atoms with Gasteiger partial charge in [-0.1, -0.05) is 90.5 Å². The zero-order valence-electron chi connectivity index (χ0n) is 19.8. The van der Waals surface area contributed by atoms with Gasteiger partial charge in [-0.25, -0.2) is 8.42 Å². The van der Waals surface area contributed by atoms with Gasteiger partial charge in [0.2, 0.25) is 5.91 Å². The molecule has 6 heteroatoms. The Hall–Kier alpha value is -3.90. The maximum absolute atomic E-state index is 13.6. The summed E-state index contributed by atoms with van der Waals surface area (Å²) >= 11 is 0. The second-order valence-corrected chi connectivity index (χ2v) is 10.3. The second kappa shape index (κ2) is 10.6. The van der Waals surface area contributed by atoms with Crippen molar-refractivity contribution in [2.45, 2.75) is 24.8 Å². The van der Waals surface area contributed by atoms with E-state index >= 15 is 0 Å². The van der Waals surface area contributed by atoms with Gasteiger partial charge >= 0.3 is 0 Å². The molecular formula is C29H28N2O3S. The molecule has 0 aliphatic heterocycles. The fourth-order valence-electron chi connectivity index (χ4n) is 3.92. The van der Waals surface area contributed by atoms with E-state index in [2.05, 4.69) is 5.32 Å². The largest absolute Gasteiger partial charge is 0.344 e. The van der Waals surface area contributed by atoms with Crippen LogP contribution in [0.1, 0.15) is 28.3 Å². The molecule has 0 aromatic heterocycles. The zero-order chi connectivity index (χ0) is 24.8. The van der Waals surface area contributed by atoms with Gasteiger partial charge in [-0.2, -0.15) is 0 Å². The predicted molar refractivity (Wildman–Crippen MR) is 140 cm³/mol. The van der Waals surface area contributed by atoms with E-state index in [0.29, 0.717) is 5.69 Å². The predicted octanol–water partition coefficient (Wildman–Crippen LogP) is 5.40. The Kier molecular flexibility index (Phi) is 7.32. The van der Waals surface area contributed by atoms with Crippen molar-refractivity contribution < 1.29 is 13.2 Å². The van der Waals surface area contributed by atoms with E-state index < -0.39 is 22.0 Å². The van der Waals surface area contributed by atoms with Crippen LogP contribution >= 0.6 is 0 Å². The number of rotatable bonds is 8. The SMILES string of the molecule is Cc1ccc([C@H](NC(=O)CN(c2cccc(C)c2)S(=O)(=O)c2ccccc2)c2ccccc2)cc1. The number of carbonyl (C=O) groups excluding carboxylic acids is 1. The number of hydrogen-bond acceptors (Lipinski definition) is 3. The number of amides is 1. The molecule has 0 radical (unpaired) electrons. The molecule has 1 atom stereocenters. The molecule has 0 unspecified atom stereocenters. The Morgan fingerprint density at radius 3 is 1.97 bits per heavy atom. The molecule has 4 aromatic rings. The molecule has 0 aliphatic rings. The maximum atomic E-state index is 13.6. The monoisotopic (exact) mass is 484 g/mol. The average molecular weight is 485 g/mol. The number of carbonyl (C=O) groups is 1. The lowest BCUT2D eigenvalue weighted by Crippen LogP contribution is -2.42. The summed E-state index contributed by atoms with van der Waals surface area (Å²) in [4.78, 5) is 13.5. The van der Waals surface area contributed by atoms with Crippen molar-refractivity contribution >= 4 is 21.6 Å². The standard InChI is InChI=1S/C29H28N2O3S/c1-22-16-18-25(19-17-22)29(24-11-5-3-6-12-24)30-28(32)21-31(26-13-9-10-23(2)20-26)35(33,34)27-14-7-4-8-15-27/h3-20,29H,21H2,1-2H3,(H,30,32)/t29-/m1/s1. The van der Waals surface area contributed by atoms with Crippen LogP contribution in [0.2, 0.25) is 0 Å². The maximum Gasteiger partial charge on any atom is 0.264 e. The number of benzene rings is 4. The summed E-state index contributed by atoms with van der Waals surface area (Å²) in [5.74, 6) is -0.402. The summed E-state index contributed by atoms with van der Waals surface area (Å²) in [5, 5.41) is 3.06. The van der Waals surface area contributed by atoms with Crippen LogP contribution in [-0.4, -0.2) is 20.9 Å². The van der Waals surface area contributed by atoms with Gasteiger partial charge < -0.3 is 5.32 Å². The van der Waals surface area contributed by atoms with Crippen molar-refractivity contribution in [3.8, 4) is 0 Å².